The number of nitrogens with zero attached hydrogens (tertiary/aromatic N) is 2. The Hall–Kier alpha value is -2.10. The first-order valence-corrected chi connectivity index (χ1v) is 5.93. The van der Waals surface area contributed by atoms with Gasteiger partial charge in [-0.05, 0) is 37.1 Å². The van der Waals surface area contributed by atoms with Gasteiger partial charge in [0.1, 0.15) is 5.69 Å². The van der Waals surface area contributed by atoms with Gasteiger partial charge in [0.15, 0.2) is 0 Å². The molecule has 2 heterocycles. The molecular weight excluding hydrogens is 228 g/mol. The molecule has 0 amide bonds. The SMILES string of the molecule is CCOC(=O)c1cccn1Cc1cncc(C)c1. The zero-order valence-corrected chi connectivity index (χ0v) is 10.6. The average molecular weight is 244 g/mol. The van der Waals surface area contributed by atoms with Crippen molar-refractivity contribution in [3.8, 4) is 0 Å². The maximum absolute atomic E-state index is 11.7. The molecule has 0 bridgehead atoms. The standard InChI is InChI=1S/C14H16N2O2/c1-3-18-14(17)13-5-4-6-16(13)10-12-7-11(2)8-15-9-12/h4-9H,3,10H2,1-2H3. The van der Waals surface area contributed by atoms with Crippen molar-refractivity contribution in [3.63, 3.8) is 0 Å². The number of aryl methyl sites for hydroxylation is 1. The Morgan fingerprint density at radius 2 is 2.28 bits per heavy atom. The highest BCUT2D eigenvalue weighted by Gasteiger charge is 2.11. The third-order valence-electron chi connectivity index (χ3n) is 2.60. The van der Waals surface area contributed by atoms with Crippen LogP contribution < -0.4 is 0 Å². The largest absolute Gasteiger partial charge is 0.461 e. The Balaban J connectivity index is 2.20. The fourth-order valence-corrected chi connectivity index (χ4v) is 1.84. The Bertz CT molecular complexity index is 546. The lowest BCUT2D eigenvalue weighted by atomic mass is 10.2. The summed E-state index contributed by atoms with van der Waals surface area (Å²) in [7, 11) is 0. The molecule has 0 N–H and O–H groups in total. The second-order valence-corrected chi connectivity index (χ2v) is 4.11. The maximum Gasteiger partial charge on any atom is 0.354 e. The van der Waals surface area contributed by atoms with Crippen molar-refractivity contribution < 1.29 is 9.53 Å². The van der Waals surface area contributed by atoms with Gasteiger partial charge in [0, 0.05) is 25.1 Å². The molecule has 2 aromatic heterocycles. The first kappa shape index (κ1) is 12.4. The minimum absolute atomic E-state index is 0.289. The lowest BCUT2D eigenvalue weighted by Gasteiger charge is -2.08. The van der Waals surface area contributed by atoms with Crippen molar-refractivity contribution in [1.29, 1.82) is 0 Å². The number of esters is 1. The Morgan fingerprint density at radius 1 is 1.44 bits per heavy atom. The molecule has 0 saturated carbocycles. The second kappa shape index (κ2) is 5.49. The summed E-state index contributed by atoms with van der Waals surface area (Å²) in [5.74, 6) is -0.289. The van der Waals surface area contributed by atoms with Gasteiger partial charge in [-0.15, -0.1) is 0 Å². The molecule has 0 atom stereocenters. The summed E-state index contributed by atoms with van der Waals surface area (Å²) in [6, 6.07) is 5.67. The normalized spacial score (nSPS) is 10.3. The molecule has 18 heavy (non-hydrogen) atoms. The molecule has 2 rings (SSSR count). The van der Waals surface area contributed by atoms with E-state index < -0.39 is 0 Å². The average Bonchev–Trinajstić information content (AvgIpc) is 2.77. The Labute approximate surface area is 106 Å². The molecule has 4 heteroatoms. The first-order chi connectivity index (χ1) is 8.70. The molecule has 94 valence electrons. The van der Waals surface area contributed by atoms with E-state index in [1.807, 2.05) is 36.1 Å². The molecule has 0 saturated heterocycles. The number of carbonyl (C=O) groups excluding carboxylic acids is 1. The van der Waals surface area contributed by atoms with Crippen molar-refractivity contribution in [3.05, 3.63) is 53.6 Å². The van der Waals surface area contributed by atoms with Gasteiger partial charge in [0.2, 0.25) is 0 Å². The molecular formula is C14H16N2O2. The molecule has 0 spiro atoms. The van der Waals surface area contributed by atoms with Gasteiger partial charge < -0.3 is 9.30 Å². The minimum Gasteiger partial charge on any atom is -0.461 e. The minimum atomic E-state index is -0.289. The van der Waals surface area contributed by atoms with Gasteiger partial charge in [-0.2, -0.15) is 0 Å². The van der Waals surface area contributed by atoms with Crippen molar-refractivity contribution in [2.45, 2.75) is 20.4 Å². The molecule has 0 unspecified atom stereocenters. The van der Waals surface area contributed by atoms with Crippen LogP contribution >= 0.6 is 0 Å². The lowest BCUT2D eigenvalue weighted by molar-refractivity contribution is 0.0514. The zero-order chi connectivity index (χ0) is 13.0. The monoisotopic (exact) mass is 244 g/mol. The van der Waals surface area contributed by atoms with Gasteiger partial charge in [-0.25, -0.2) is 4.79 Å². The highest BCUT2D eigenvalue weighted by molar-refractivity contribution is 5.87. The third kappa shape index (κ3) is 2.77. The van der Waals surface area contributed by atoms with Gasteiger partial charge in [-0.3, -0.25) is 4.98 Å². The number of hydrogen-bond donors (Lipinski definition) is 0. The highest BCUT2D eigenvalue weighted by atomic mass is 16.5. The van der Waals surface area contributed by atoms with Crippen LogP contribution in [0.4, 0.5) is 0 Å². The summed E-state index contributed by atoms with van der Waals surface area (Å²) in [6.45, 7) is 4.81. The van der Waals surface area contributed by atoms with E-state index in [4.69, 9.17) is 4.74 Å². The van der Waals surface area contributed by atoms with Gasteiger partial charge in [-0.1, -0.05) is 6.07 Å². The fraction of sp³-hybridized carbons (Fsp3) is 0.286. The number of aromatic nitrogens is 2. The number of pyridine rings is 1. The lowest BCUT2D eigenvalue weighted by Crippen LogP contribution is -2.12. The molecule has 0 aliphatic rings. The molecule has 0 radical (unpaired) electrons. The van der Waals surface area contributed by atoms with Crippen LogP contribution in [-0.2, 0) is 11.3 Å². The Kier molecular flexibility index (Phi) is 3.77. The quantitative estimate of drug-likeness (QED) is 0.776. The molecule has 0 aromatic carbocycles. The van der Waals surface area contributed by atoms with Crippen molar-refractivity contribution in [1.82, 2.24) is 9.55 Å². The van der Waals surface area contributed by atoms with Crippen LogP contribution in [-0.4, -0.2) is 22.1 Å². The van der Waals surface area contributed by atoms with Gasteiger partial charge in [0.05, 0.1) is 6.61 Å². The summed E-state index contributed by atoms with van der Waals surface area (Å²) < 4.78 is 6.88. The molecule has 0 aliphatic carbocycles. The smallest absolute Gasteiger partial charge is 0.354 e. The summed E-state index contributed by atoms with van der Waals surface area (Å²) in [4.78, 5) is 15.9. The van der Waals surface area contributed by atoms with Crippen LogP contribution in [0.25, 0.3) is 0 Å². The fourth-order valence-electron chi connectivity index (χ4n) is 1.84. The number of ether oxygens (including phenoxy) is 1. The summed E-state index contributed by atoms with van der Waals surface area (Å²) in [5.41, 5.74) is 2.74. The van der Waals surface area contributed by atoms with Gasteiger partial charge in [0.25, 0.3) is 0 Å². The first-order valence-electron chi connectivity index (χ1n) is 5.93. The van der Waals surface area contributed by atoms with Crippen molar-refractivity contribution >= 4 is 5.97 Å². The van der Waals surface area contributed by atoms with Crippen LogP contribution in [0.1, 0.15) is 28.5 Å². The molecule has 0 aliphatic heterocycles. The maximum atomic E-state index is 11.7. The summed E-state index contributed by atoms with van der Waals surface area (Å²) in [5, 5.41) is 0. The van der Waals surface area contributed by atoms with E-state index in [-0.39, 0.29) is 5.97 Å². The van der Waals surface area contributed by atoms with Crippen LogP contribution in [0.15, 0.2) is 36.8 Å². The summed E-state index contributed by atoms with van der Waals surface area (Å²) in [6.07, 6.45) is 5.49. The van der Waals surface area contributed by atoms with Crippen LogP contribution in [0, 0.1) is 6.92 Å². The van der Waals surface area contributed by atoms with Crippen molar-refractivity contribution in [2.24, 2.45) is 0 Å². The number of hydrogen-bond acceptors (Lipinski definition) is 3. The van der Waals surface area contributed by atoms with E-state index in [0.29, 0.717) is 18.8 Å². The van der Waals surface area contributed by atoms with Crippen LogP contribution in [0.3, 0.4) is 0 Å². The Morgan fingerprint density at radius 3 is 3.00 bits per heavy atom. The van der Waals surface area contributed by atoms with Crippen LogP contribution in [0.5, 0.6) is 0 Å². The highest BCUT2D eigenvalue weighted by Crippen LogP contribution is 2.09. The van der Waals surface area contributed by atoms with E-state index in [1.165, 1.54) is 0 Å². The topological polar surface area (TPSA) is 44.1 Å². The zero-order valence-electron chi connectivity index (χ0n) is 10.6. The predicted octanol–water partition coefficient (Wildman–Crippen LogP) is 2.42. The van der Waals surface area contributed by atoms with Gasteiger partial charge >= 0.3 is 5.97 Å². The molecule has 4 nitrogen and oxygen atoms in total. The van der Waals surface area contributed by atoms with Crippen molar-refractivity contribution in [2.75, 3.05) is 6.61 Å². The van der Waals surface area contributed by atoms with E-state index in [2.05, 4.69) is 11.1 Å². The molecule has 0 fully saturated rings. The second-order valence-electron chi connectivity index (χ2n) is 4.11. The van der Waals surface area contributed by atoms with E-state index in [0.717, 1.165) is 11.1 Å². The van der Waals surface area contributed by atoms with E-state index in [9.17, 15) is 4.79 Å². The van der Waals surface area contributed by atoms with Crippen LogP contribution in [0.2, 0.25) is 0 Å². The molecule has 2 aromatic rings. The predicted molar refractivity (Wildman–Crippen MR) is 68.5 cm³/mol. The number of rotatable bonds is 4. The summed E-state index contributed by atoms with van der Waals surface area (Å²) >= 11 is 0. The third-order valence-corrected chi connectivity index (χ3v) is 2.60. The number of carbonyl (C=O) groups is 1. The van der Waals surface area contributed by atoms with E-state index in [1.54, 1.807) is 13.0 Å². The van der Waals surface area contributed by atoms with E-state index >= 15 is 0 Å².